The molecule has 9 heteroatoms. The Morgan fingerprint density at radius 1 is 1.12 bits per heavy atom. The van der Waals surface area contributed by atoms with Crippen LogP contribution in [0.25, 0.3) is 0 Å². The predicted molar refractivity (Wildman–Crippen MR) is 103 cm³/mol. The molecular formula is C17H15N5O2S2. The highest BCUT2D eigenvalue weighted by Crippen LogP contribution is 2.33. The van der Waals surface area contributed by atoms with E-state index in [0.717, 1.165) is 38.1 Å². The molecule has 0 saturated heterocycles. The van der Waals surface area contributed by atoms with Crippen molar-refractivity contribution in [3.63, 3.8) is 0 Å². The number of rotatable bonds is 6. The Morgan fingerprint density at radius 2 is 1.85 bits per heavy atom. The van der Waals surface area contributed by atoms with Gasteiger partial charge in [0, 0.05) is 9.79 Å². The molecule has 1 aromatic heterocycles. The maximum absolute atomic E-state index is 12.3. The maximum atomic E-state index is 12.3. The molecule has 0 fully saturated rings. The summed E-state index contributed by atoms with van der Waals surface area (Å²) < 4.78 is 0.865. The third-order valence-corrected chi connectivity index (χ3v) is 5.25. The van der Waals surface area contributed by atoms with Gasteiger partial charge in [-0.25, -0.2) is 0 Å². The average Bonchev–Trinajstić information content (AvgIpc) is 2.65. The number of anilines is 1. The fraction of sp³-hybridized carbons (Fsp3) is 0.0588. The lowest BCUT2D eigenvalue weighted by molar-refractivity contribution is -0.113. The molecule has 0 aliphatic carbocycles. The molecule has 2 aromatic carbocycles. The van der Waals surface area contributed by atoms with Gasteiger partial charge in [-0.05, 0) is 24.3 Å². The predicted octanol–water partition coefficient (Wildman–Crippen LogP) is 2.23. The van der Waals surface area contributed by atoms with E-state index in [2.05, 4.69) is 15.5 Å². The van der Waals surface area contributed by atoms with Crippen LogP contribution in [-0.2, 0) is 4.79 Å². The summed E-state index contributed by atoms with van der Waals surface area (Å²) >= 11 is 2.61. The summed E-state index contributed by atoms with van der Waals surface area (Å²) in [6.07, 6.45) is 1.02. The molecule has 0 unspecified atom stereocenters. The van der Waals surface area contributed by atoms with Gasteiger partial charge in [0.15, 0.2) is 0 Å². The van der Waals surface area contributed by atoms with Crippen molar-refractivity contribution < 1.29 is 4.79 Å². The molecule has 0 radical (unpaired) electrons. The van der Waals surface area contributed by atoms with E-state index in [-0.39, 0.29) is 16.8 Å². The minimum absolute atomic E-state index is 0.0552. The molecule has 0 atom stereocenters. The second kappa shape index (κ2) is 8.54. The van der Waals surface area contributed by atoms with Crippen molar-refractivity contribution in [1.82, 2.24) is 14.9 Å². The zero-order valence-corrected chi connectivity index (χ0v) is 15.2. The smallest absolute Gasteiger partial charge is 0.291 e. The van der Waals surface area contributed by atoms with E-state index >= 15 is 0 Å². The Hall–Kier alpha value is -2.78. The second-order valence-corrected chi connectivity index (χ2v) is 7.14. The molecule has 1 amide bonds. The molecule has 0 bridgehead atoms. The summed E-state index contributed by atoms with van der Waals surface area (Å²) in [6.45, 7) is 0. The van der Waals surface area contributed by atoms with Crippen molar-refractivity contribution in [1.29, 1.82) is 0 Å². The van der Waals surface area contributed by atoms with Gasteiger partial charge >= 0.3 is 0 Å². The van der Waals surface area contributed by atoms with E-state index in [1.54, 1.807) is 11.8 Å². The van der Waals surface area contributed by atoms with Gasteiger partial charge < -0.3 is 11.2 Å². The van der Waals surface area contributed by atoms with Gasteiger partial charge in [0.25, 0.3) is 5.56 Å². The molecule has 1 heterocycles. The minimum atomic E-state index is -0.479. The number of nitrogen functional groups attached to an aromatic ring is 1. The number of hydrogen-bond donors (Lipinski definition) is 2. The van der Waals surface area contributed by atoms with Gasteiger partial charge in [-0.1, -0.05) is 53.9 Å². The quantitative estimate of drug-likeness (QED) is 0.495. The van der Waals surface area contributed by atoms with Crippen molar-refractivity contribution in [2.24, 2.45) is 0 Å². The normalized spacial score (nSPS) is 10.5. The van der Waals surface area contributed by atoms with E-state index in [4.69, 9.17) is 5.84 Å². The van der Waals surface area contributed by atoms with Crippen LogP contribution in [0.1, 0.15) is 0 Å². The van der Waals surface area contributed by atoms with Crippen LogP contribution in [0, 0.1) is 0 Å². The molecule has 0 saturated carbocycles. The summed E-state index contributed by atoms with van der Waals surface area (Å²) in [7, 11) is 0. The van der Waals surface area contributed by atoms with Crippen molar-refractivity contribution >= 4 is 35.1 Å². The number of nitrogens with two attached hydrogens (primary N) is 1. The number of benzene rings is 2. The maximum Gasteiger partial charge on any atom is 0.291 e. The molecule has 7 nitrogen and oxygen atoms in total. The van der Waals surface area contributed by atoms with Crippen LogP contribution in [0.4, 0.5) is 5.69 Å². The second-order valence-electron chi connectivity index (χ2n) is 5.08. The SMILES string of the molecule is Nn1c(SCC(=O)Nc2ccccc2Sc2ccccc2)nncc1=O. The van der Waals surface area contributed by atoms with Crippen molar-refractivity contribution in [3.8, 4) is 0 Å². The number of carbonyl (C=O) groups is 1. The number of hydrogen-bond acceptors (Lipinski definition) is 7. The third-order valence-electron chi connectivity index (χ3n) is 3.22. The lowest BCUT2D eigenvalue weighted by atomic mass is 10.3. The number of amides is 1. The first-order valence-electron chi connectivity index (χ1n) is 7.58. The standard InChI is InChI=1S/C17H15N5O2S2/c18-22-16(24)10-19-21-17(22)25-11-15(23)20-13-8-4-5-9-14(13)26-12-6-2-1-3-7-12/h1-10H,11,18H2,(H,20,23). The van der Waals surface area contributed by atoms with E-state index in [9.17, 15) is 9.59 Å². The molecular weight excluding hydrogens is 370 g/mol. The number of thioether (sulfide) groups is 1. The van der Waals surface area contributed by atoms with Crippen molar-refractivity contribution in [3.05, 3.63) is 71.1 Å². The minimum Gasteiger partial charge on any atom is -0.334 e. The largest absolute Gasteiger partial charge is 0.334 e. The Labute approximate surface area is 158 Å². The summed E-state index contributed by atoms with van der Waals surface area (Å²) in [6, 6.07) is 17.5. The highest BCUT2D eigenvalue weighted by molar-refractivity contribution is 8.00. The van der Waals surface area contributed by atoms with E-state index in [1.165, 1.54) is 0 Å². The van der Waals surface area contributed by atoms with Gasteiger partial charge in [0.2, 0.25) is 11.1 Å². The zero-order chi connectivity index (χ0) is 18.4. The molecule has 132 valence electrons. The van der Waals surface area contributed by atoms with E-state index in [0.29, 0.717) is 0 Å². The highest BCUT2D eigenvalue weighted by atomic mass is 32.2. The summed E-state index contributed by atoms with van der Waals surface area (Å²) in [4.78, 5) is 25.7. The fourth-order valence-corrected chi connectivity index (χ4v) is 3.61. The Kier molecular flexibility index (Phi) is 5.92. The van der Waals surface area contributed by atoms with Crippen LogP contribution in [0.5, 0.6) is 0 Å². The van der Waals surface area contributed by atoms with Gasteiger partial charge in [0.1, 0.15) is 6.20 Å². The lowest BCUT2D eigenvalue weighted by Crippen LogP contribution is -2.30. The molecule has 26 heavy (non-hydrogen) atoms. The Morgan fingerprint density at radius 3 is 2.65 bits per heavy atom. The van der Waals surface area contributed by atoms with Gasteiger partial charge in [0.05, 0.1) is 11.4 Å². The molecule has 3 rings (SSSR count). The summed E-state index contributed by atoms with van der Waals surface area (Å²) in [5.74, 6) is 5.40. The first kappa shape index (κ1) is 18.0. The van der Waals surface area contributed by atoms with Crippen LogP contribution in [0.15, 0.2) is 80.5 Å². The number of nitrogens with one attached hydrogen (secondary N) is 1. The van der Waals surface area contributed by atoms with Crippen LogP contribution in [0.3, 0.4) is 0 Å². The van der Waals surface area contributed by atoms with E-state index in [1.807, 2.05) is 54.6 Å². The van der Waals surface area contributed by atoms with Gasteiger partial charge in [-0.3, -0.25) is 9.59 Å². The van der Waals surface area contributed by atoms with Gasteiger partial charge in [-0.15, -0.1) is 5.10 Å². The molecule has 3 N–H and O–H groups in total. The Bertz CT molecular complexity index is 963. The number of carbonyl (C=O) groups excluding carboxylic acids is 1. The first-order chi connectivity index (χ1) is 12.6. The molecule has 0 spiro atoms. The highest BCUT2D eigenvalue weighted by Gasteiger charge is 2.11. The number of nitrogens with zero attached hydrogens (tertiary/aromatic N) is 3. The van der Waals surface area contributed by atoms with Crippen LogP contribution in [0.2, 0.25) is 0 Å². The molecule has 0 aliphatic rings. The van der Waals surface area contributed by atoms with Gasteiger partial charge in [-0.2, -0.15) is 9.77 Å². The molecule has 0 aliphatic heterocycles. The average molecular weight is 385 g/mol. The first-order valence-corrected chi connectivity index (χ1v) is 9.38. The number of para-hydroxylation sites is 1. The summed E-state index contributed by atoms with van der Waals surface area (Å²) in [5, 5.41) is 10.4. The Balaban J connectivity index is 1.66. The molecule has 3 aromatic rings. The zero-order valence-electron chi connectivity index (χ0n) is 13.5. The van der Waals surface area contributed by atoms with Crippen LogP contribution >= 0.6 is 23.5 Å². The van der Waals surface area contributed by atoms with E-state index < -0.39 is 5.56 Å². The van der Waals surface area contributed by atoms with Crippen molar-refractivity contribution in [2.45, 2.75) is 14.9 Å². The topological polar surface area (TPSA) is 103 Å². The lowest BCUT2D eigenvalue weighted by Gasteiger charge is -2.11. The fourth-order valence-electron chi connectivity index (χ4n) is 2.02. The number of aromatic nitrogens is 3. The summed E-state index contributed by atoms with van der Waals surface area (Å²) in [5.41, 5.74) is 0.240. The third kappa shape index (κ3) is 4.64. The van der Waals surface area contributed by atoms with Crippen LogP contribution < -0.4 is 16.7 Å². The van der Waals surface area contributed by atoms with Crippen molar-refractivity contribution in [2.75, 3.05) is 16.9 Å². The van der Waals surface area contributed by atoms with Crippen LogP contribution in [-0.4, -0.2) is 26.5 Å². The monoisotopic (exact) mass is 385 g/mol.